The van der Waals surface area contributed by atoms with Gasteiger partial charge in [0.15, 0.2) is 9.84 Å². The van der Waals surface area contributed by atoms with Crippen molar-refractivity contribution in [1.29, 1.82) is 0 Å². The summed E-state index contributed by atoms with van der Waals surface area (Å²) in [5, 5.41) is -0.344. The van der Waals surface area contributed by atoms with Crippen molar-refractivity contribution >= 4 is 33.5 Å². The van der Waals surface area contributed by atoms with Gasteiger partial charge in [0, 0.05) is 5.25 Å². The number of rotatable bonds is 4. The molecule has 0 unspecified atom stereocenters. The molecule has 23 heavy (non-hydrogen) atoms. The quantitative estimate of drug-likeness (QED) is 0.431. The van der Waals surface area contributed by atoms with Crippen LogP contribution in [0.25, 0.3) is 0 Å². The van der Waals surface area contributed by atoms with Crippen LogP contribution in [0.2, 0.25) is 0 Å². The number of fused-ring (bicyclic) bond motifs is 1. The lowest BCUT2D eigenvalue weighted by molar-refractivity contribution is -0.159. The molecule has 1 saturated carbocycles. The Morgan fingerprint density at radius 1 is 1.30 bits per heavy atom. The van der Waals surface area contributed by atoms with Crippen molar-refractivity contribution in [3.63, 3.8) is 0 Å². The molecule has 2 saturated heterocycles. The fraction of sp³-hybridized carbons (Fsp3) is 0.867. The molecule has 0 bridgehead atoms. The SMILES string of the molecule is CC1(C)[C@H](C(=O)OCSC2CCCCC2)N2C(=O)C[C@H]2S1(=O)=O. The molecule has 0 spiro atoms. The Hall–Kier alpha value is -0.760. The average Bonchev–Trinajstić information content (AvgIpc) is 2.62. The van der Waals surface area contributed by atoms with Crippen LogP contribution in [-0.2, 0) is 24.2 Å². The van der Waals surface area contributed by atoms with Crippen LogP contribution in [0.4, 0.5) is 0 Å². The van der Waals surface area contributed by atoms with Crippen LogP contribution in [0.1, 0.15) is 52.4 Å². The first-order valence-electron chi connectivity index (χ1n) is 8.09. The summed E-state index contributed by atoms with van der Waals surface area (Å²) >= 11 is 1.61. The lowest BCUT2D eigenvalue weighted by Gasteiger charge is -2.36. The summed E-state index contributed by atoms with van der Waals surface area (Å²) in [5.74, 6) is -0.661. The minimum absolute atomic E-state index is 0.0215. The van der Waals surface area contributed by atoms with E-state index in [1.54, 1.807) is 11.8 Å². The average molecular weight is 361 g/mol. The summed E-state index contributed by atoms with van der Waals surface area (Å²) in [6.07, 6.45) is 5.94. The third-order valence-corrected chi connectivity index (χ3v) is 9.25. The number of hydrogen-bond donors (Lipinski definition) is 0. The number of carbonyl (C=O) groups excluding carboxylic acids is 2. The standard InChI is InChI=1S/C15H23NO5S2/c1-15(2)13(16-11(17)8-12(16)23(15,19)20)14(18)21-9-22-10-6-4-3-5-7-10/h10,12-13H,3-9H2,1-2H3/t12-,13+/m1/s1. The zero-order valence-electron chi connectivity index (χ0n) is 13.5. The van der Waals surface area contributed by atoms with Gasteiger partial charge in [0.1, 0.15) is 17.4 Å². The molecule has 2 heterocycles. The third kappa shape index (κ3) is 2.67. The van der Waals surface area contributed by atoms with Crippen LogP contribution in [0.15, 0.2) is 0 Å². The van der Waals surface area contributed by atoms with E-state index in [0.717, 1.165) is 12.8 Å². The Morgan fingerprint density at radius 2 is 1.96 bits per heavy atom. The van der Waals surface area contributed by atoms with E-state index in [0.29, 0.717) is 5.25 Å². The number of ether oxygens (including phenoxy) is 1. The highest BCUT2D eigenvalue weighted by molar-refractivity contribution is 7.99. The number of thioether (sulfide) groups is 1. The molecule has 3 rings (SSSR count). The second kappa shape index (κ2) is 5.95. The van der Waals surface area contributed by atoms with Gasteiger partial charge in [0.2, 0.25) is 5.91 Å². The molecule has 3 aliphatic rings. The van der Waals surface area contributed by atoms with Gasteiger partial charge in [-0.25, -0.2) is 13.2 Å². The number of β-lactam (4-membered cyclic amide) rings is 1. The third-order valence-electron chi connectivity index (χ3n) is 5.26. The molecule has 8 heteroatoms. The highest BCUT2D eigenvalue weighted by Crippen LogP contribution is 2.46. The Bertz CT molecular complexity index is 609. The molecule has 130 valence electrons. The molecule has 0 aromatic carbocycles. The van der Waals surface area contributed by atoms with Gasteiger partial charge < -0.3 is 9.64 Å². The van der Waals surface area contributed by atoms with Crippen molar-refractivity contribution in [2.24, 2.45) is 0 Å². The molecule has 1 aliphatic carbocycles. The predicted octanol–water partition coefficient (Wildman–Crippen LogP) is 1.69. The molecule has 1 amide bonds. The van der Waals surface area contributed by atoms with Crippen LogP contribution in [0.5, 0.6) is 0 Å². The minimum Gasteiger partial charge on any atom is -0.453 e. The number of sulfone groups is 1. The van der Waals surface area contributed by atoms with Crippen LogP contribution >= 0.6 is 11.8 Å². The highest BCUT2D eigenvalue weighted by Gasteiger charge is 2.68. The maximum Gasteiger partial charge on any atom is 0.331 e. The molecule has 6 nitrogen and oxygen atoms in total. The van der Waals surface area contributed by atoms with Crippen LogP contribution in [0, 0.1) is 0 Å². The molecule has 0 radical (unpaired) electrons. The molecule has 0 aromatic rings. The normalized spacial score (nSPS) is 32.3. The van der Waals surface area contributed by atoms with E-state index in [9.17, 15) is 18.0 Å². The number of hydrogen-bond acceptors (Lipinski definition) is 6. The topological polar surface area (TPSA) is 80.8 Å². The number of amides is 1. The number of carbonyl (C=O) groups is 2. The highest BCUT2D eigenvalue weighted by atomic mass is 32.2. The van der Waals surface area contributed by atoms with Gasteiger partial charge in [-0.05, 0) is 26.7 Å². The molecule has 2 atom stereocenters. The van der Waals surface area contributed by atoms with E-state index >= 15 is 0 Å². The smallest absolute Gasteiger partial charge is 0.331 e. The summed E-state index contributed by atoms with van der Waals surface area (Å²) in [4.78, 5) is 25.4. The van der Waals surface area contributed by atoms with Crippen LogP contribution < -0.4 is 0 Å². The Balaban J connectivity index is 1.63. The second-order valence-corrected chi connectivity index (χ2v) is 10.9. The van der Waals surface area contributed by atoms with Gasteiger partial charge in [0.05, 0.1) is 11.2 Å². The van der Waals surface area contributed by atoms with Gasteiger partial charge in [-0.2, -0.15) is 0 Å². The maximum absolute atomic E-state index is 12.5. The van der Waals surface area contributed by atoms with Crippen molar-refractivity contribution < 1.29 is 22.7 Å². The van der Waals surface area contributed by atoms with Gasteiger partial charge in [-0.15, -0.1) is 11.8 Å². The van der Waals surface area contributed by atoms with Crippen molar-refractivity contribution in [3.8, 4) is 0 Å². The van der Waals surface area contributed by atoms with E-state index in [4.69, 9.17) is 4.74 Å². The Kier molecular flexibility index (Phi) is 4.42. The first-order valence-corrected chi connectivity index (χ1v) is 10.7. The van der Waals surface area contributed by atoms with E-state index < -0.39 is 32.0 Å². The lowest BCUT2D eigenvalue weighted by atomic mass is 9.98. The fourth-order valence-electron chi connectivity index (χ4n) is 3.71. The Morgan fingerprint density at radius 3 is 2.57 bits per heavy atom. The summed E-state index contributed by atoms with van der Waals surface area (Å²) < 4.78 is 28.9. The molecule has 3 fully saturated rings. The molecule has 0 N–H and O–H groups in total. The van der Waals surface area contributed by atoms with Crippen molar-refractivity contribution in [2.75, 3.05) is 5.94 Å². The zero-order chi connectivity index (χ0) is 16.8. The van der Waals surface area contributed by atoms with Gasteiger partial charge >= 0.3 is 5.97 Å². The van der Waals surface area contributed by atoms with Gasteiger partial charge in [-0.1, -0.05) is 19.3 Å². The molecule has 2 aliphatic heterocycles. The van der Waals surface area contributed by atoms with E-state index in [-0.39, 0.29) is 18.3 Å². The number of nitrogens with zero attached hydrogens (tertiary/aromatic N) is 1. The first-order chi connectivity index (χ1) is 10.8. The molecular weight excluding hydrogens is 338 g/mol. The summed E-state index contributed by atoms with van der Waals surface area (Å²) in [6, 6.07) is -1.02. The van der Waals surface area contributed by atoms with Crippen molar-refractivity contribution in [1.82, 2.24) is 4.90 Å². The maximum atomic E-state index is 12.5. The summed E-state index contributed by atoms with van der Waals surface area (Å²) in [7, 11) is -3.54. The first kappa shape index (κ1) is 17.1. The number of esters is 1. The predicted molar refractivity (Wildman–Crippen MR) is 87.5 cm³/mol. The fourth-order valence-corrected chi connectivity index (χ4v) is 6.87. The Labute approximate surface area is 141 Å². The van der Waals surface area contributed by atoms with Gasteiger partial charge in [0.25, 0.3) is 0 Å². The van der Waals surface area contributed by atoms with E-state index in [1.165, 1.54) is 38.0 Å². The van der Waals surface area contributed by atoms with Crippen molar-refractivity contribution in [3.05, 3.63) is 0 Å². The van der Waals surface area contributed by atoms with Crippen LogP contribution in [0.3, 0.4) is 0 Å². The molecule has 0 aromatic heterocycles. The van der Waals surface area contributed by atoms with E-state index in [1.807, 2.05) is 0 Å². The van der Waals surface area contributed by atoms with Crippen LogP contribution in [-0.4, -0.2) is 52.5 Å². The summed E-state index contributed by atoms with van der Waals surface area (Å²) in [5.41, 5.74) is 0. The summed E-state index contributed by atoms with van der Waals surface area (Å²) in [6.45, 7) is 3.02. The molecular formula is C15H23NO5S2. The zero-order valence-corrected chi connectivity index (χ0v) is 15.1. The lowest BCUT2D eigenvalue weighted by Crippen LogP contribution is -2.57. The van der Waals surface area contributed by atoms with Crippen molar-refractivity contribution in [2.45, 2.75) is 73.8 Å². The van der Waals surface area contributed by atoms with E-state index in [2.05, 4.69) is 0 Å². The largest absolute Gasteiger partial charge is 0.453 e. The van der Waals surface area contributed by atoms with Gasteiger partial charge in [-0.3, -0.25) is 4.79 Å². The second-order valence-electron chi connectivity index (χ2n) is 7.02. The minimum atomic E-state index is -3.54. The monoisotopic (exact) mass is 361 g/mol.